The number of amides is 2. The van der Waals surface area contributed by atoms with E-state index in [2.05, 4.69) is 5.32 Å². The maximum Gasteiger partial charge on any atom is 0.228 e. The molecule has 7 nitrogen and oxygen atoms in total. The molecular formula is C21H27N3O4. The van der Waals surface area contributed by atoms with Crippen LogP contribution in [0.2, 0.25) is 0 Å². The Balaban J connectivity index is 1.24. The number of fused-ring (bicyclic) bond motifs is 1. The Morgan fingerprint density at radius 3 is 2.64 bits per heavy atom. The van der Waals surface area contributed by atoms with Gasteiger partial charge in [0.2, 0.25) is 11.8 Å². The number of rotatable bonds is 2. The number of carbonyl (C=O) groups is 2. The number of hydrogen-bond donors (Lipinski definition) is 1. The summed E-state index contributed by atoms with van der Waals surface area (Å²) in [4.78, 5) is 29.4. The molecule has 3 fully saturated rings. The molecule has 7 heteroatoms. The van der Waals surface area contributed by atoms with Gasteiger partial charge in [-0.25, -0.2) is 0 Å². The predicted octanol–water partition coefficient (Wildman–Crippen LogP) is 1.41. The zero-order valence-electron chi connectivity index (χ0n) is 16.1. The third kappa shape index (κ3) is 3.11. The van der Waals surface area contributed by atoms with Gasteiger partial charge in [0.25, 0.3) is 0 Å². The summed E-state index contributed by atoms with van der Waals surface area (Å²) >= 11 is 0. The summed E-state index contributed by atoms with van der Waals surface area (Å²) in [6, 6.07) is 5.55. The van der Waals surface area contributed by atoms with E-state index < -0.39 is 0 Å². The lowest BCUT2D eigenvalue weighted by Crippen LogP contribution is -2.46. The van der Waals surface area contributed by atoms with Crippen LogP contribution in [-0.4, -0.2) is 62.7 Å². The van der Waals surface area contributed by atoms with Crippen molar-refractivity contribution in [1.82, 2.24) is 10.2 Å². The van der Waals surface area contributed by atoms with Crippen LogP contribution in [0.4, 0.5) is 5.69 Å². The summed E-state index contributed by atoms with van der Waals surface area (Å²) in [5.41, 5.74) is 1.17. The Bertz CT molecular complexity index is 780. The van der Waals surface area contributed by atoms with Crippen LogP contribution >= 0.6 is 0 Å². The standard InChI is InChI=1S/C21H27N3O4/c25-19-11-15(20(26)23-7-4-21(5-8-23)3-6-22-14-21)13-24(19)16-1-2-17-18(12-16)28-10-9-27-17/h1-2,12,15,22H,3-11,13-14H2. The van der Waals surface area contributed by atoms with Crippen molar-refractivity contribution in [2.45, 2.75) is 25.7 Å². The summed E-state index contributed by atoms with van der Waals surface area (Å²) in [5.74, 6) is 1.25. The van der Waals surface area contributed by atoms with Crippen molar-refractivity contribution < 1.29 is 19.1 Å². The molecule has 4 aliphatic heterocycles. The zero-order valence-corrected chi connectivity index (χ0v) is 16.1. The second kappa shape index (κ2) is 6.95. The average molecular weight is 385 g/mol. The van der Waals surface area contributed by atoms with E-state index in [9.17, 15) is 9.59 Å². The molecule has 28 heavy (non-hydrogen) atoms. The van der Waals surface area contributed by atoms with Gasteiger partial charge < -0.3 is 24.6 Å². The predicted molar refractivity (Wildman–Crippen MR) is 104 cm³/mol. The molecule has 4 heterocycles. The molecule has 0 aliphatic carbocycles. The molecule has 1 aromatic rings. The molecule has 4 aliphatic rings. The summed E-state index contributed by atoms with van der Waals surface area (Å²) in [5, 5.41) is 3.46. The number of anilines is 1. The Labute approximate surface area is 165 Å². The number of likely N-dealkylation sites (tertiary alicyclic amines) is 1. The third-order valence-electron chi connectivity index (χ3n) is 6.78. The lowest BCUT2D eigenvalue weighted by atomic mass is 9.77. The van der Waals surface area contributed by atoms with Gasteiger partial charge in [-0.2, -0.15) is 0 Å². The van der Waals surface area contributed by atoms with Gasteiger partial charge in [0.1, 0.15) is 13.2 Å². The number of nitrogens with zero attached hydrogens (tertiary/aromatic N) is 2. The summed E-state index contributed by atoms with van der Waals surface area (Å²) in [6.45, 7) is 5.30. The number of benzene rings is 1. The Morgan fingerprint density at radius 1 is 1.11 bits per heavy atom. The van der Waals surface area contributed by atoms with E-state index in [-0.39, 0.29) is 24.2 Å². The van der Waals surface area contributed by atoms with E-state index in [1.165, 1.54) is 6.42 Å². The fourth-order valence-electron chi connectivity index (χ4n) is 5.00. The third-order valence-corrected chi connectivity index (χ3v) is 6.78. The smallest absolute Gasteiger partial charge is 0.228 e. The van der Waals surface area contributed by atoms with Gasteiger partial charge in [0.05, 0.1) is 5.92 Å². The normalized spacial score (nSPS) is 26.1. The SMILES string of the molecule is O=C(C1CC(=O)N(c2ccc3c(c2)OCCO3)C1)N1CCC2(CCNC2)CC1. The first-order valence-electron chi connectivity index (χ1n) is 10.3. The highest BCUT2D eigenvalue weighted by Gasteiger charge is 2.42. The van der Waals surface area contributed by atoms with Gasteiger partial charge in [0.15, 0.2) is 11.5 Å². The Kier molecular flexibility index (Phi) is 4.42. The minimum Gasteiger partial charge on any atom is -0.486 e. The Hall–Kier alpha value is -2.28. The monoisotopic (exact) mass is 385 g/mol. The van der Waals surface area contributed by atoms with Crippen molar-refractivity contribution in [3.05, 3.63) is 18.2 Å². The molecule has 0 saturated carbocycles. The Morgan fingerprint density at radius 2 is 1.89 bits per heavy atom. The van der Waals surface area contributed by atoms with Gasteiger partial charge in [-0.3, -0.25) is 9.59 Å². The van der Waals surface area contributed by atoms with Crippen LogP contribution in [0.25, 0.3) is 0 Å². The van der Waals surface area contributed by atoms with Gasteiger partial charge in [-0.05, 0) is 43.4 Å². The molecule has 0 aromatic heterocycles. The highest BCUT2D eigenvalue weighted by atomic mass is 16.6. The fraction of sp³-hybridized carbons (Fsp3) is 0.619. The number of ether oxygens (including phenoxy) is 2. The number of nitrogens with one attached hydrogen (secondary N) is 1. The summed E-state index contributed by atoms with van der Waals surface area (Å²) in [7, 11) is 0. The topological polar surface area (TPSA) is 71.1 Å². The fourth-order valence-corrected chi connectivity index (χ4v) is 5.00. The van der Waals surface area contributed by atoms with Crippen molar-refractivity contribution in [1.29, 1.82) is 0 Å². The second-order valence-corrected chi connectivity index (χ2v) is 8.49. The van der Waals surface area contributed by atoms with Crippen molar-refractivity contribution in [2.75, 3.05) is 50.8 Å². The second-order valence-electron chi connectivity index (χ2n) is 8.49. The number of carbonyl (C=O) groups excluding carboxylic acids is 2. The molecule has 3 saturated heterocycles. The van der Waals surface area contributed by atoms with Crippen LogP contribution in [0.15, 0.2) is 18.2 Å². The van der Waals surface area contributed by atoms with E-state index in [4.69, 9.17) is 9.47 Å². The molecule has 0 radical (unpaired) electrons. The van der Waals surface area contributed by atoms with Crippen molar-refractivity contribution in [2.24, 2.45) is 11.3 Å². The first kappa shape index (κ1) is 17.8. The van der Waals surface area contributed by atoms with Crippen molar-refractivity contribution in [3.63, 3.8) is 0 Å². The van der Waals surface area contributed by atoms with Crippen LogP contribution in [0.1, 0.15) is 25.7 Å². The van der Waals surface area contributed by atoms with Crippen LogP contribution in [0, 0.1) is 11.3 Å². The molecule has 1 N–H and O–H groups in total. The lowest BCUT2D eigenvalue weighted by molar-refractivity contribution is -0.137. The molecule has 2 amide bonds. The molecule has 5 rings (SSSR count). The molecule has 150 valence electrons. The first-order chi connectivity index (χ1) is 13.6. The van der Waals surface area contributed by atoms with Crippen LogP contribution in [-0.2, 0) is 9.59 Å². The van der Waals surface area contributed by atoms with E-state index in [0.717, 1.165) is 44.7 Å². The minimum atomic E-state index is -0.253. The number of piperidine rings is 1. The van der Waals surface area contributed by atoms with Crippen molar-refractivity contribution in [3.8, 4) is 11.5 Å². The minimum absolute atomic E-state index is 0.00324. The van der Waals surface area contributed by atoms with E-state index in [0.29, 0.717) is 36.7 Å². The highest BCUT2D eigenvalue weighted by Crippen LogP contribution is 2.39. The maximum atomic E-state index is 13.0. The molecule has 1 aromatic carbocycles. The van der Waals surface area contributed by atoms with Gasteiger partial charge in [-0.1, -0.05) is 0 Å². The highest BCUT2D eigenvalue weighted by molar-refractivity contribution is 6.00. The summed E-state index contributed by atoms with van der Waals surface area (Å²) in [6.07, 6.45) is 3.64. The molecule has 1 spiro atoms. The van der Waals surface area contributed by atoms with E-state index in [1.54, 1.807) is 4.90 Å². The zero-order chi connectivity index (χ0) is 19.1. The lowest BCUT2D eigenvalue weighted by Gasteiger charge is -2.39. The largest absolute Gasteiger partial charge is 0.486 e. The van der Waals surface area contributed by atoms with Crippen LogP contribution < -0.4 is 19.7 Å². The first-order valence-corrected chi connectivity index (χ1v) is 10.3. The van der Waals surface area contributed by atoms with Gasteiger partial charge >= 0.3 is 0 Å². The molecule has 0 bridgehead atoms. The molecule has 1 unspecified atom stereocenters. The van der Waals surface area contributed by atoms with Gasteiger partial charge in [0, 0.05) is 44.4 Å². The van der Waals surface area contributed by atoms with E-state index in [1.807, 2.05) is 23.1 Å². The number of hydrogen-bond acceptors (Lipinski definition) is 5. The quantitative estimate of drug-likeness (QED) is 0.834. The average Bonchev–Trinajstić information content (AvgIpc) is 3.34. The van der Waals surface area contributed by atoms with E-state index >= 15 is 0 Å². The summed E-state index contributed by atoms with van der Waals surface area (Å²) < 4.78 is 11.2. The van der Waals surface area contributed by atoms with Crippen LogP contribution in [0.3, 0.4) is 0 Å². The van der Waals surface area contributed by atoms with Crippen molar-refractivity contribution >= 4 is 17.5 Å². The molecular weight excluding hydrogens is 358 g/mol. The van der Waals surface area contributed by atoms with Crippen LogP contribution in [0.5, 0.6) is 11.5 Å². The molecule has 1 atom stereocenters. The maximum absolute atomic E-state index is 13.0. The van der Waals surface area contributed by atoms with Gasteiger partial charge in [-0.15, -0.1) is 0 Å².